The number of furan rings is 3. The zero-order valence-electron chi connectivity index (χ0n) is 65.4. The van der Waals surface area contributed by atoms with E-state index >= 15 is 0 Å². The lowest BCUT2D eigenvalue weighted by molar-refractivity contribution is 0.398. The van der Waals surface area contributed by atoms with Gasteiger partial charge in [-0.1, -0.05) is 292 Å². The highest BCUT2D eigenvalue weighted by molar-refractivity contribution is 6.22. The third-order valence-electron chi connectivity index (χ3n) is 27.5. The molecule has 5 aliphatic rings. The van der Waals surface area contributed by atoms with Crippen LogP contribution >= 0.6 is 0 Å². The largest absolute Gasteiger partial charge is 0.456 e. The van der Waals surface area contributed by atoms with Crippen LogP contribution in [0.5, 0.6) is 0 Å². The first-order valence-corrected chi connectivity index (χ1v) is 41.2. The van der Waals surface area contributed by atoms with Gasteiger partial charge in [-0.05, 0) is 220 Å². The van der Waals surface area contributed by atoms with E-state index in [-0.39, 0.29) is 16.2 Å². The first-order valence-electron chi connectivity index (χ1n) is 41.2. The molecule has 0 amide bonds. The molecule has 0 saturated heterocycles. The SMILES string of the molecule is CCCCCCCCC1(CCCCCCC)c2ccccc2-c2ccc(-c3ccc4c(c3)C(C)(C)c3cc(-c5cc6c(c7c5oc5ccccc57)-c5ccc(N(c7ccc8c(c7)C(C)(C)c7c9c(c%10c(oc%11ccccc%11%10)c7-8)-c7ccccc7C9(C)C)c7ccc8oc9ccccc9c8c7)cc5C6(C)C)ccc3-4)cc21. The lowest BCUT2D eigenvalue weighted by Crippen LogP contribution is -2.25. The maximum absolute atomic E-state index is 7.27. The third kappa shape index (κ3) is 9.50. The number of rotatable bonds is 18. The van der Waals surface area contributed by atoms with Crippen LogP contribution in [-0.4, -0.2) is 0 Å². The second-order valence-electron chi connectivity index (χ2n) is 35.2. The normalized spacial score (nSPS) is 16.5. The highest BCUT2D eigenvalue weighted by Crippen LogP contribution is 2.65. The van der Waals surface area contributed by atoms with Crippen LogP contribution in [0.3, 0.4) is 0 Å². The number of hydrogen-bond acceptors (Lipinski definition) is 4. The predicted octanol–water partition coefficient (Wildman–Crippen LogP) is 30.8. The minimum atomic E-state index is -0.422. The Hall–Kier alpha value is -10.9. The van der Waals surface area contributed by atoms with E-state index in [9.17, 15) is 0 Å². The molecule has 4 nitrogen and oxygen atoms in total. The summed E-state index contributed by atoms with van der Waals surface area (Å²) in [5.74, 6) is 0. The van der Waals surface area contributed by atoms with Crippen molar-refractivity contribution in [2.24, 2.45) is 0 Å². The van der Waals surface area contributed by atoms with E-state index in [1.807, 2.05) is 0 Å². The molecule has 21 rings (SSSR count). The van der Waals surface area contributed by atoms with Gasteiger partial charge < -0.3 is 18.2 Å². The first kappa shape index (κ1) is 67.2. The Morgan fingerprint density at radius 1 is 0.264 bits per heavy atom. The molecule has 5 aliphatic carbocycles. The van der Waals surface area contributed by atoms with Gasteiger partial charge in [0, 0.05) is 87.6 Å². The summed E-state index contributed by atoms with van der Waals surface area (Å²) in [6.07, 6.45) is 16.8. The van der Waals surface area contributed by atoms with Crippen LogP contribution in [0.1, 0.15) is 208 Å². The van der Waals surface area contributed by atoms with E-state index in [1.54, 1.807) is 11.1 Å². The molecule has 13 aromatic carbocycles. The van der Waals surface area contributed by atoms with Crippen molar-refractivity contribution in [3.05, 3.63) is 292 Å². The van der Waals surface area contributed by atoms with Crippen LogP contribution in [0.25, 0.3) is 144 Å². The van der Waals surface area contributed by atoms with E-state index in [4.69, 9.17) is 13.3 Å². The quantitative estimate of drug-likeness (QED) is 0.0803. The second-order valence-corrected chi connectivity index (χ2v) is 35.2. The van der Waals surface area contributed by atoms with Crippen molar-refractivity contribution in [3.63, 3.8) is 0 Å². The summed E-state index contributed by atoms with van der Waals surface area (Å²) in [4.78, 5) is 2.51. The maximum Gasteiger partial charge on any atom is 0.144 e. The van der Waals surface area contributed by atoms with E-state index in [0.29, 0.717) is 0 Å². The Labute approximate surface area is 646 Å². The van der Waals surface area contributed by atoms with E-state index in [1.165, 1.54) is 216 Å². The van der Waals surface area contributed by atoms with Crippen molar-refractivity contribution in [1.82, 2.24) is 0 Å². The van der Waals surface area contributed by atoms with Gasteiger partial charge in [-0.3, -0.25) is 0 Å². The Kier molecular flexibility index (Phi) is 15.0. The van der Waals surface area contributed by atoms with Crippen LogP contribution in [0.2, 0.25) is 0 Å². The molecule has 1 atom stereocenters. The average molecular weight is 1430 g/mol. The van der Waals surface area contributed by atoms with Gasteiger partial charge in [0.05, 0.1) is 0 Å². The number of nitrogens with zero attached hydrogens (tertiary/aromatic N) is 1. The zero-order valence-corrected chi connectivity index (χ0v) is 65.4. The molecule has 0 aliphatic heterocycles. The molecular formula is C106H95NO3. The number of benzene rings is 13. The van der Waals surface area contributed by atoms with Gasteiger partial charge in [-0.2, -0.15) is 0 Å². The van der Waals surface area contributed by atoms with Gasteiger partial charge >= 0.3 is 0 Å². The van der Waals surface area contributed by atoms with E-state index in [2.05, 4.69) is 311 Å². The molecule has 3 heterocycles. The molecule has 4 heteroatoms. The Morgan fingerprint density at radius 3 is 1.34 bits per heavy atom. The van der Waals surface area contributed by atoms with Crippen molar-refractivity contribution >= 4 is 82.9 Å². The summed E-state index contributed by atoms with van der Waals surface area (Å²) < 4.78 is 21.0. The highest BCUT2D eigenvalue weighted by Gasteiger charge is 2.50. The number of fused-ring (bicyclic) bond motifs is 28. The molecule has 0 N–H and O–H groups in total. The van der Waals surface area contributed by atoms with Gasteiger partial charge in [0.25, 0.3) is 0 Å². The fraction of sp³-hybridized carbons (Fsp3) is 0.264. The second kappa shape index (κ2) is 24.5. The highest BCUT2D eigenvalue weighted by atomic mass is 16.3. The van der Waals surface area contributed by atoms with Crippen molar-refractivity contribution in [2.75, 3.05) is 4.90 Å². The summed E-state index contributed by atoms with van der Waals surface area (Å²) in [5.41, 5.74) is 39.3. The average Bonchev–Trinajstić information content (AvgIpc) is 1.50. The number of para-hydroxylation sites is 3. The molecule has 3 aromatic heterocycles. The van der Waals surface area contributed by atoms with Gasteiger partial charge in [-0.15, -0.1) is 0 Å². The van der Waals surface area contributed by atoms with Crippen molar-refractivity contribution < 1.29 is 13.3 Å². The van der Waals surface area contributed by atoms with Crippen LogP contribution in [0.4, 0.5) is 17.1 Å². The summed E-state index contributed by atoms with van der Waals surface area (Å²) in [6.45, 7) is 24.3. The maximum atomic E-state index is 7.27. The molecule has 1 unspecified atom stereocenters. The number of anilines is 3. The molecule has 16 aromatic rings. The summed E-state index contributed by atoms with van der Waals surface area (Å²) in [7, 11) is 0. The first-order chi connectivity index (χ1) is 53.5. The van der Waals surface area contributed by atoms with Crippen molar-refractivity contribution in [2.45, 2.75) is 180 Å². The van der Waals surface area contributed by atoms with E-state index < -0.39 is 10.8 Å². The lowest BCUT2D eigenvalue weighted by atomic mass is 9.70. The fourth-order valence-corrected chi connectivity index (χ4v) is 22.0. The van der Waals surface area contributed by atoms with Gasteiger partial charge in [0.2, 0.25) is 0 Å². The predicted molar refractivity (Wildman–Crippen MR) is 462 cm³/mol. The number of unbranched alkanes of at least 4 members (excludes halogenated alkanes) is 9. The molecule has 542 valence electrons. The van der Waals surface area contributed by atoms with Crippen molar-refractivity contribution in [1.29, 1.82) is 0 Å². The van der Waals surface area contributed by atoms with E-state index in [0.717, 1.165) is 72.3 Å². The smallest absolute Gasteiger partial charge is 0.144 e. The summed E-state index contributed by atoms with van der Waals surface area (Å²) in [5, 5.41) is 6.89. The Bertz CT molecular complexity index is 6570. The van der Waals surface area contributed by atoms with Crippen LogP contribution < -0.4 is 4.90 Å². The zero-order chi connectivity index (χ0) is 74.5. The molecule has 0 spiro atoms. The molecule has 0 bridgehead atoms. The van der Waals surface area contributed by atoms with Gasteiger partial charge in [0.15, 0.2) is 0 Å². The molecular weight excluding hydrogens is 1340 g/mol. The topological polar surface area (TPSA) is 42.7 Å². The standard InChI is InChI=1S/C106H95NO3/c1-11-13-15-17-19-31-55-106(54-30-18-16-14-12-2)82-38-26-20-32-69(82)72-49-43-64(57-87(72)106)63-42-48-70-71-50-44-65(58-84(71)102(3,4)83(70)56-63)79-62-88-93(95-77-35-23-28-40-90(77)109-100(79)95)75-51-45-67(60-85(75)103(88,5)6)107(66-47-53-92-80(59-66)73-33-22-27-39-89(73)108-92)68-46-52-76-86(61-68)105(9,10)99-97(76)101-96(78-36-24-29-41-91(78)110-101)94-74-34-21-25-37-81(74)104(7,8)98(94)99/h20-29,32-53,56-62H,11-19,30-31,54-55H2,1-10H3. The van der Waals surface area contributed by atoms with Crippen LogP contribution in [-0.2, 0) is 27.1 Å². The third-order valence-corrected chi connectivity index (χ3v) is 27.5. The van der Waals surface area contributed by atoms with Gasteiger partial charge in [-0.25, -0.2) is 0 Å². The molecule has 0 saturated carbocycles. The molecule has 110 heavy (non-hydrogen) atoms. The minimum absolute atomic E-state index is 0.0235. The fourth-order valence-electron chi connectivity index (χ4n) is 22.0. The summed E-state index contributed by atoms with van der Waals surface area (Å²) in [6, 6.07) is 90.5. The van der Waals surface area contributed by atoms with Gasteiger partial charge in [0.1, 0.15) is 33.5 Å². The minimum Gasteiger partial charge on any atom is -0.456 e. The number of hydrogen-bond donors (Lipinski definition) is 0. The summed E-state index contributed by atoms with van der Waals surface area (Å²) >= 11 is 0. The molecule has 0 fully saturated rings. The lowest BCUT2D eigenvalue weighted by Gasteiger charge is -2.33. The Morgan fingerprint density at radius 2 is 0.682 bits per heavy atom. The van der Waals surface area contributed by atoms with Crippen LogP contribution in [0, 0.1) is 0 Å². The monoisotopic (exact) mass is 1430 g/mol. The Balaban J connectivity index is 0.671. The van der Waals surface area contributed by atoms with Crippen LogP contribution in [0.15, 0.2) is 250 Å². The van der Waals surface area contributed by atoms with Crippen molar-refractivity contribution in [3.8, 4) is 77.9 Å². The molecule has 0 radical (unpaired) electrons.